The monoisotopic (exact) mass is 298 g/mol. The predicted molar refractivity (Wildman–Crippen MR) is 67.6 cm³/mol. The maximum Gasteiger partial charge on any atom is 0.138 e. The Bertz CT molecular complexity index is 440. The van der Waals surface area contributed by atoms with Crippen LogP contribution < -0.4 is 5.32 Å². The van der Waals surface area contributed by atoms with Crippen LogP contribution in [0.3, 0.4) is 0 Å². The van der Waals surface area contributed by atoms with Crippen molar-refractivity contribution in [3.8, 4) is 0 Å². The molecule has 0 saturated heterocycles. The van der Waals surface area contributed by atoms with Gasteiger partial charge >= 0.3 is 0 Å². The first-order chi connectivity index (χ1) is 8.24. The van der Waals surface area contributed by atoms with E-state index in [9.17, 15) is 0 Å². The third-order valence-corrected chi connectivity index (χ3v) is 2.84. The van der Waals surface area contributed by atoms with Crippen molar-refractivity contribution >= 4 is 15.9 Å². The SMILES string of the molecule is CC(Cc1ccno1)NCCn1cc(Br)cn1. The molecular formula is C11H15BrN4O. The van der Waals surface area contributed by atoms with Crippen molar-refractivity contribution in [3.05, 3.63) is 34.9 Å². The molecule has 1 atom stereocenters. The van der Waals surface area contributed by atoms with E-state index in [1.54, 1.807) is 12.4 Å². The fourth-order valence-corrected chi connectivity index (χ4v) is 1.94. The molecule has 0 amide bonds. The molecule has 6 heteroatoms. The van der Waals surface area contributed by atoms with Crippen molar-refractivity contribution in [2.45, 2.75) is 25.9 Å². The first-order valence-electron chi connectivity index (χ1n) is 5.55. The lowest BCUT2D eigenvalue weighted by atomic mass is 10.2. The number of nitrogens with one attached hydrogen (secondary N) is 1. The Balaban J connectivity index is 1.68. The smallest absolute Gasteiger partial charge is 0.138 e. The Labute approximate surface area is 108 Å². The Hall–Kier alpha value is -1.14. The molecule has 0 fully saturated rings. The highest BCUT2D eigenvalue weighted by atomic mass is 79.9. The fraction of sp³-hybridized carbons (Fsp3) is 0.455. The normalized spacial score (nSPS) is 12.8. The lowest BCUT2D eigenvalue weighted by molar-refractivity contribution is 0.365. The van der Waals surface area contributed by atoms with Crippen molar-refractivity contribution < 1.29 is 4.52 Å². The van der Waals surface area contributed by atoms with E-state index in [2.05, 4.69) is 38.4 Å². The van der Waals surface area contributed by atoms with E-state index in [-0.39, 0.29) is 0 Å². The number of hydrogen-bond donors (Lipinski definition) is 1. The van der Waals surface area contributed by atoms with Crippen LogP contribution in [-0.4, -0.2) is 27.5 Å². The van der Waals surface area contributed by atoms with Gasteiger partial charge in [-0.15, -0.1) is 0 Å². The molecule has 17 heavy (non-hydrogen) atoms. The third-order valence-electron chi connectivity index (χ3n) is 2.43. The van der Waals surface area contributed by atoms with Gasteiger partial charge in [0.25, 0.3) is 0 Å². The fourth-order valence-electron chi connectivity index (χ4n) is 1.61. The van der Waals surface area contributed by atoms with Crippen molar-refractivity contribution in [2.24, 2.45) is 0 Å². The van der Waals surface area contributed by atoms with Crippen molar-refractivity contribution in [2.75, 3.05) is 6.54 Å². The van der Waals surface area contributed by atoms with Gasteiger partial charge in [-0.2, -0.15) is 5.10 Å². The van der Waals surface area contributed by atoms with E-state index in [0.29, 0.717) is 6.04 Å². The molecule has 0 aliphatic heterocycles. The molecule has 0 aliphatic rings. The van der Waals surface area contributed by atoms with Crippen molar-refractivity contribution in [1.29, 1.82) is 0 Å². The molecule has 0 radical (unpaired) electrons. The van der Waals surface area contributed by atoms with Crippen LogP contribution in [0.15, 0.2) is 33.7 Å². The summed E-state index contributed by atoms with van der Waals surface area (Å²) < 4.78 is 7.97. The van der Waals surface area contributed by atoms with Gasteiger partial charge in [0.05, 0.1) is 23.4 Å². The minimum atomic E-state index is 0.363. The molecule has 92 valence electrons. The van der Waals surface area contributed by atoms with E-state index >= 15 is 0 Å². The molecule has 5 nitrogen and oxygen atoms in total. The van der Waals surface area contributed by atoms with Gasteiger partial charge in [-0.3, -0.25) is 4.68 Å². The lowest BCUT2D eigenvalue weighted by Gasteiger charge is -2.11. The highest BCUT2D eigenvalue weighted by Crippen LogP contribution is 2.05. The molecule has 1 unspecified atom stereocenters. The van der Waals surface area contributed by atoms with E-state index in [4.69, 9.17) is 4.52 Å². The molecule has 0 spiro atoms. The van der Waals surface area contributed by atoms with Gasteiger partial charge in [0.1, 0.15) is 5.76 Å². The summed E-state index contributed by atoms with van der Waals surface area (Å²) in [5.74, 6) is 0.909. The molecular weight excluding hydrogens is 284 g/mol. The number of aromatic nitrogens is 3. The summed E-state index contributed by atoms with van der Waals surface area (Å²) in [4.78, 5) is 0. The van der Waals surface area contributed by atoms with Crippen LogP contribution in [0.1, 0.15) is 12.7 Å². The average Bonchev–Trinajstić information content (AvgIpc) is 2.90. The van der Waals surface area contributed by atoms with Crippen LogP contribution in [0, 0.1) is 0 Å². The average molecular weight is 299 g/mol. The Morgan fingerprint density at radius 2 is 2.47 bits per heavy atom. The van der Waals surface area contributed by atoms with Gasteiger partial charge in [-0.05, 0) is 22.9 Å². The quantitative estimate of drug-likeness (QED) is 0.884. The standard InChI is InChI=1S/C11H15BrN4O/c1-9(6-11-2-3-15-17-11)13-4-5-16-8-10(12)7-14-16/h2-3,7-9,13H,4-6H2,1H3. The van der Waals surface area contributed by atoms with Gasteiger partial charge in [0.2, 0.25) is 0 Å². The minimum absolute atomic E-state index is 0.363. The largest absolute Gasteiger partial charge is 0.361 e. The molecule has 0 bridgehead atoms. The molecule has 0 aromatic carbocycles. The number of nitrogens with zero attached hydrogens (tertiary/aromatic N) is 3. The van der Waals surface area contributed by atoms with Crippen molar-refractivity contribution in [1.82, 2.24) is 20.3 Å². The van der Waals surface area contributed by atoms with E-state index in [1.807, 2.05) is 16.9 Å². The molecule has 2 aromatic rings. The van der Waals surface area contributed by atoms with Crippen LogP contribution in [0.2, 0.25) is 0 Å². The summed E-state index contributed by atoms with van der Waals surface area (Å²) in [6.45, 7) is 3.86. The maximum atomic E-state index is 5.06. The number of hydrogen-bond acceptors (Lipinski definition) is 4. The Morgan fingerprint density at radius 3 is 3.12 bits per heavy atom. The second-order valence-corrected chi connectivity index (χ2v) is 4.88. The first kappa shape index (κ1) is 12.3. The van der Waals surface area contributed by atoms with Crippen LogP contribution >= 0.6 is 15.9 Å². The summed E-state index contributed by atoms with van der Waals surface area (Å²) in [7, 11) is 0. The zero-order chi connectivity index (χ0) is 12.1. The lowest BCUT2D eigenvalue weighted by Crippen LogP contribution is -2.31. The van der Waals surface area contributed by atoms with Gasteiger partial charge in [-0.1, -0.05) is 5.16 Å². The van der Waals surface area contributed by atoms with Gasteiger partial charge in [0.15, 0.2) is 0 Å². The van der Waals surface area contributed by atoms with Gasteiger partial charge in [-0.25, -0.2) is 0 Å². The Kier molecular flexibility index (Phi) is 4.33. The summed E-state index contributed by atoms with van der Waals surface area (Å²) in [5, 5.41) is 11.3. The van der Waals surface area contributed by atoms with Crippen LogP contribution in [0.25, 0.3) is 0 Å². The first-order valence-corrected chi connectivity index (χ1v) is 6.34. The summed E-state index contributed by atoms with van der Waals surface area (Å²) in [6.07, 6.45) is 6.27. The zero-order valence-corrected chi connectivity index (χ0v) is 11.2. The van der Waals surface area contributed by atoms with Gasteiger partial charge < -0.3 is 9.84 Å². The number of halogens is 1. The van der Waals surface area contributed by atoms with Crippen molar-refractivity contribution in [3.63, 3.8) is 0 Å². The second kappa shape index (κ2) is 5.97. The molecule has 2 heterocycles. The maximum absolute atomic E-state index is 5.06. The molecule has 1 N–H and O–H groups in total. The zero-order valence-electron chi connectivity index (χ0n) is 9.64. The topological polar surface area (TPSA) is 55.9 Å². The van der Waals surface area contributed by atoms with Crippen LogP contribution in [-0.2, 0) is 13.0 Å². The highest BCUT2D eigenvalue weighted by molar-refractivity contribution is 9.10. The summed E-state index contributed by atoms with van der Waals surface area (Å²) in [6, 6.07) is 2.25. The van der Waals surface area contributed by atoms with E-state index in [0.717, 1.165) is 29.7 Å². The predicted octanol–water partition coefficient (Wildman–Crippen LogP) is 1.85. The Morgan fingerprint density at radius 1 is 1.59 bits per heavy atom. The van der Waals surface area contributed by atoms with Gasteiger partial charge in [0, 0.05) is 31.3 Å². The van der Waals surface area contributed by atoms with Crippen LogP contribution in [0.5, 0.6) is 0 Å². The van der Waals surface area contributed by atoms with E-state index in [1.165, 1.54) is 0 Å². The molecule has 0 aliphatic carbocycles. The molecule has 0 saturated carbocycles. The van der Waals surface area contributed by atoms with Crippen LogP contribution in [0.4, 0.5) is 0 Å². The molecule has 2 aromatic heterocycles. The highest BCUT2D eigenvalue weighted by Gasteiger charge is 2.05. The second-order valence-electron chi connectivity index (χ2n) is 3.96. The van der Waals surface area contributed by atoms with E-state index < -0.39 is 0 Å². The summed E-state index contributed by atoms with van der Waals surface area (Å²) in [5.41, 5.74) is 0. The number of rotatable bonds is 6. The summed E-state index contributed by atoms with van der Waals surface area (Å²) >= 11 is 3.37. The minimum Gasteiger partial charge on any atom is -0.361 e. The third kappa shape index (κ3) is 3.98. The molecule has 2 rings (SSSR count).